The fraction of sp³-hybridized carbons (Fsp3) is 0.302. The van der Waals surface area contributed by atoms with Crippen molar-refractivity contribution in [2.45, 2.75) is 32.6 Å². The number of aromatic nitrogens is 1. The summed E-state index contributed by atoms with van der Waals surface area (Å²) in [6, 6.07) is 22.8. The monoisotopic (exact) mass is 842 g/mol. The Morgan fingerprint density at radius 1 is 0.783 bits per heavy atom. The molecule has 60 heavy (non-hydrogen) atoms. The quantitative estimate of drug-likeness (QED) is 0.0418. The Hall–Kier alpha value is -6.43. The molecule has 0 bridgehead atoms. The zero-order chi connectivity index (χ0) is 43.2. The predicted octanol–water partition coefficient (Wildman–Crippen LogP) is 7.67. The van der Waals surface area contributed by atoms with E-state index < -0.39 is 23.0 Å². The van der Waals surface area contributed by atoms with Crippen LogP contribution in [-0.2, 0) is 30.7 Å². The average Bonchev–Trinajstić information content (AvgIpc) is 3.20. The van der Waals surface area contributed by atoms with E-state index in [1.54, 1.807) is 48.7 Å². The van der Waals surface area contributed by atoms with Gasteiger partial charge in [0.1, 0.15) is 34.1 Å². The highest BCUT2D eigenvalue weighted by Gasteiger charge is 2.22. The standard InChI is InChI=1S/C43H50N6O10S/c1-43(2,3)27-23-34(40(56-5)35(24-27)49-60(6)54)48-42(53)47-33-13-14-36(31-10-8-7-9-30(31)33)59-29-15-17-44-38(26-29)46-28-11-12-32(37(25-28)55-4)41(52)45-18-20-58-22-21-57-19-16-39(50)51/h7-15,17,23-26,49H,16,18-22H2,1-6H3,(H,44,46)(H,45,52)(H,50,51)(H2,47,48,53). The normalized spacial score (nSPS) is 11.6. The number of rotatable bonds is 20. The van der Waals surface area contributed by atoms with Crippen molar-refractivity contribution >= 4 is 68.2 Å². The van der Waals surface area contributed by atoms with Crippen LogP contribution in [0.3, 0.4) is 0 Å². The second-order valence-electron chi connectivity index (χ2n) is 14.3. The van der Waals surface area contributed by atoms with E-state index in [0.29, 0.717) is 57.1 Å². The minimum atomic E-state index is -1.37. The number of aliphatic carboxylic acids is 1. The van der Waals surface area contributed by atoms with Gasteiger partial charge < -0.3 is 54.8 Å². The van der Waals surface area contributed by atoms with Gasteiger partial charge in [0.25, 0.3) is 5.91 Å². The van der Waals surface area contributed by atoms with Crippen LogP contribution >= 0.6 is 0 Å². The van der Waals surface area contributed by atoms with Crippen molar-refractivity contribution in [3.8, 4) is 23.0 Å². The number of fused-ring (bicyclic) bond motifs is 1. The molecule has 1 aromatic heterocycles. The van der Waals surface area contributed by atoms with E-state index in [1.807, 2.05) is 57.2 Å². The molecule has 3 amide bonds. The maximum absolute atomic E-state index is 13.5. The van der Waals surface area contributed by atoms with Crippen molar-refractivity contribution in [1.29, 1.82) is 0 Å². The summed E-state index contributed by atoms with van der Waals surface area (Å²) in [5.41, 5.74) is 3.04. The van der Waals surface area contributed by atoms with E-state index in [-0.39, 0.29) is 50.7 Å². The lowest BCUT2D eigenvalue weighted by Crippen LogP contribution is -2.28. The lowest BCUT2D eigenvalue weighted by atomic mass is 9.86. The van der Waals surface area contributed by atoms with E-state index in [2.05, 4.69) is 31.0 Å². The number of anilines is 5. The van der Waals surface area contributed by atoms with Crippen LogP contribution in [0.1, 0.15) is 43.1 Å². The first-order chi connectivity index (χ1) is 28.7. The van der Waals surface area contributed by atoms with Crippen molar-refractivity contribution in [3.05, 3.63) is 96.2 Å². The first-order valence-corrected chi connectivity index (χ1v) is 20.5. The van der Waals surface area contributed by atoms with E-state index in [4.69, 9.17) is 28.8 Å². The second kappa shape index (κ2) is 21.0. The van der Waals surface area contributed by atoms with Gasteiger partial charge in [-0.2, -0.15) is 0 Å². The van der Waals surface area contributed by atoms with Gasteiger partial charge in [0.15, 0.2) is 5.75 Å². The molecule has 17 heteroatoms. The molecule has 0 aliphatic carbocycles. The van der Waals surface area contributed by atoms with Gasteiger partial charge in [0, 0.05) is 47.6 Å². The molecule has 4 aromatic carbocycles. The number of ether oxygens (including phenoxy) is 5. The number of pyridine rings is 1. The summed E-state index contributed by atoms with van der Waals surface area (Å²) in [6.45, 7) is 7.28. The van der Waals surface area contributed by atoms with Crippen molar-refractivity contribution in [3.63, 3.8) is 0 Å². The van der Waals surface area contributed by atoms with Gasteiger partial charge in [-0.05, 0) is 53.4 Å². The number of hydrogen-bond acceptors (Lipinski definition) is 11. The fourth-order valence-electron chi connectivity index (χ4n) is 5.94. The van der Waals surface area contributed by atoms with Crippen molar-refractivity contribution in [2.24, 2.45) is 0 Å². The molecule has 0 fully saturated rings. The summed E-state index contributed by atoms with van der Waals surface area (Å²) in [4.78, 5) is 41.3. The minimum Gasteiger partial charge on any atom is -0.496 e. The van der Waals surface area contributed by atoms with E-state index >= 15 is 0 Å². The number of methoxy groups -OCH3 is 2. The Morgan fingerprint density at radius 3 is 2.20 bits per heavy atom. The minimum absolute atomic E-state index is 0.0701. The number of benzene rings is 4. The largest absolute Gasteiger partial charge is 0.496 e. The maximum atomic E-state index is 13.5. The number of nitrogens with zero attached hydrogens (tertiary/aromatic N) is 1. The molecule has 0 radical (unpaired) electrons. The van der Waals surface area contributed by atoms with Crippen LogP contribution in [-0.4, -0.2) is 85.7 Å². The molecular weight excluding hydrogens is 793 g/mol. The molecule has 1 heterocycles. The first-order valence-electron chi connectivity index (χ1n) is 18.9. The molecule has 1 atom stereocenters. The summed E-state index contributed by atoms with van der Waals surface area (Å²) in [6.07, 6.45) is 3.05. The highest BCUT2D eigenvalue weighted by atomic mass is 32.2. The Morgan fingerprint density at radius 2 is 1.50 bits per heavy atom. The van der Waals surface area contributed by atoms with Gasteiger partial charge in [0.05, 0.1) is 69.7 Å². The third kappa shape index (κ3) is 12.5. The summed E-state index contributed by atoms with van der Waals surface area (Å²) < 4.78 is 43.1. The number of carbonyl (C=O) groups is 3. The molecule has 5 rings (SSSR count). The van der Waals surface area contributed by atoms with Crippen molar-refractivity contribution < 1.29 is 47.4 Å². The first kappa shape index (κ1) is 44.7. The molecule has 318 valence electrons. The van der Waals surface area contributed by atoms with E-state index in [9.17, 15) is 18.6 Å². The average molecular weight is 843 g/mol. The van der Waals surface area contributed by atoms with Crippen LogP contribution in [0.2, 0.25) is 0 Å². The van der Waals surface area contributed by atoms with Crippen LogP contribution in [0.5, 0.6) is 23.0 Å². The summed E-state index contributed by atoms with van der Waals surface area (Å²) in [5, 5.41) is 22.0. The number of nitrogens with one attached hydrogen (secondary N) is 5. The number of hydrogen-bond donors (Lipinski definition) is 6. The Kier molecular flexibility index (Phi) is 15.6. The molecule has 0 aliphatic rings. The van der Waals surface area contributed by atoms with E-state index in [0.717, 1.165) is 16.3 Å². The van der Waals surface area contributed by atoms with Gasteiger partial charge in [-0.15, -0.1) is 0 Å². The molecule has 1 unspecified atom stereocenters. The van der Waals surface area contributed by atoms with E-state index in [1.165, 1.54) is 20.5 Å². The maximum Gasteiger partial charge on any atom is 0.323 e. The van der Waals surface area contributed by atoms with Crippen LogP contribution in [0.15, 0.2) is 85.1 Å². The molecule has 0 aliphatic heterocycles. The molecule has 0 saturated carbocycles. The number of carboxylic acids is 1. The predicted molar refractivity (Wildman–Crippen MR) is 233 cm³/mol. The molecule has 0 spiro atoms. The number of carbonyl (C=O) groups excluding carboxylic acids is 2. The van der Waals surface area contributed by atoms with Gasteiger partial charge in [-0.1, -0.05) is 45.0 Å². The van der Waals surface area contributed by atoms with Crippen LogP contribution in [0.25, 0.3) is 10.8 Å². The van der Waals surface area contributed by atoms with Gasteiger partial charge in [-0.25, -0.2) is 14.0 Å². The number of amides is 3. The topological polar surface area (TPSA) is 208 Å². The number of carboxylic acid groups (broad SMARTS) is 1. The second-order valence-corrected chi connectivity index (χ2v) is 15.4. The summed E-state index contributed by atoms with van der Waals surface area (Å²) in [7, 11) is 1.59. The lowest BCUT2D eigenvalue weighted by molar-refractivity contribution is -0.138. The molecule has 5 aromatic rings. The molecule has 6 N–H and O–H groups in total. The third-order valence-electron chi connectivity index (χ3n) is 8.84. The van der Waals surface area contributed by atoms with Gasteiger partial charge in [-0.3, -0.25) is 9.59 Å². The van der Waals surface area contributed by atoms with Gasteiger partial charge in [0.2, 0.25) is 0 Å². The zero-order valence-electron chi connectivity index (χ0n) is 34.3. The highest BCUT2D eigenvalue weighted by molar-refractivity contribution is 7.85. The number of urea groups is 1. The molecule has 0 saturated heterocycles. The smallest absolute Gasteiger partial charge is 0.323 e. The highest BCUT2D eigenvalue weighted by Crippen LogP contribution is 2.40. The summed E-state index contributed by atoms with van der Waals surface area (Å²) in [5.74, 6) is 0.949. The van der Waals surface area contributed by atoms with Crippen molar-refractivity contribution in [1.82, 2.24) is 10.3 Å². The fourth-order valence-corrected chi connectivity index (χ4v) is 6.40. The SMILES string of the molecule is COc1cc(Nc2cc(Oc3ccc(NC(=O)Nc4cc(C(C)(C)C)cc(NS(C)=O)c4OC)c4ccccc34)ccn2)ccc1C(=O)NCCOCCOCCC(=O)O. The van der Waals surface area contributed by atoms with Crippen LogP contribution in [0, 0.1) is 0 Å². The van der Waals surface area contributed by atoms with Gasteiger partial charge >= 0.3 is 12.0 Å². The van der Waals surface area contributed by atoms with Crippen LogP contribution in [0.4, 0.5) is 33.4 Å². The molecule has 16 nitrogen and oxygen atoms in total. The molecular formula is C43H50N6O10S. The van der Waals surface area contributed by atoms with Crippen molar-refractivity contribution in [2.75, 3.05) is 74.1 Å². The Labute approximate surface area is 350 Å². The zero-order valence-corrected chi connectivity index (χ0v) is 35.1. The summed E-state index contributed by atoms with van der Waals surface area (Å²) >= 11 is 0. The third-order valence-corrected chi connectivity index (χ3v) is 9.34. The lowest BCUT2D eigenvalue weighted by Gasteiger charge is -2.24. The Balaban J connectivity index is 1.23. The Bertz CT molecular complexity index is 2330. The van der Waals surface area contributed by atoms with Crippen LogP contribution < -0.4 is 40.2 Å².